The summed E-state index contributed by atoms with van der Waals surface area (Å²) in [6, 6.07) is 8.04. The molecule has 1 aromatic carbocycles. The van der Waals surface area contributed by atoms with Crippen molar-refractivity contribution in [1.82, 2.24) is 5.32 Å². The van der Waals surface area contributed by atoms with E-state index >= 15 is 0 Å². The lowest BCUT2D eigenvalue weighted by molar-refractivity contribution is 0.0523. The third-order valence-corrected chi connectivity index (χ3v) is 2.59. The van der Waals surface area contributed by atoms with Gasteiger partial charge in [-0.1, -0.05) is 32.9 Å². The molecule has 0 heterocycles. The zero-order valence-corrected chi connectivity index (χ0v) is 14.0. The van der Waals surface area contributed by atoms with Crippen LogP contribution in [0.4, 0.5) is 10.5 Å². The van der Waals surface area contributed by atoms with Gasteiger partial charge in [0.05, 0.1) is 0 Å². The lowest BCUT2D eigenvalue weighted by Gasteiger charge is -2.20. The van der Waals surface area contributed by atoms with Crippen molar-refractivity contribution in [2.75, 3.05) is 11.9 Å². The number of anilines is 1. The zero-order chi connectivity index (χ0) is 16.1. The van der Waals surface area contributed by atoms with Crippen molar-refractivity contribution in [1.29, 1.82) is 0 Å². The lowest BCUT2D eigenvalue weighted by atomic mass is 9.97. The molecule has 4 heteroatoms. The van der Waals surface area contributed by atoms with Crippen molar-refractivity contribution in [3.05, 3.63) is 29.8 Å². The highest BCUT2D eigenvalue weighted by molar-refractivity contribution is 5.67. The van der Waals surface area contributed by atoms with Gasteiger partial charge in [-0.15, -0.1) is 0 Å². The first-order chi connectivity index (χ1) is 9.55. The molecule has 0 aromatic heterocycles. The molecule has 118 valence electrons. The molecule has 0 fully saturated rings. The Labute approximate surface area is 128 Å². The Morgan fingerprint density at radius 3 is 2.38 bits per heavy atom. The van der Waals surface area contributed by atoms with Crippen LogP contribution in [0.1, 0.15) is 47.1 Å². The molecular formula is C17H28N2O2. The van der Waals surface area contributed by atoms with Crippen molar-refractivity contribution in [3.63, 3.8) is 0 Å². The monoisotopic (exact) mass is 292 g/mol. The summed E-state index contributed by atoms with van der Waals surface area (Å²) < 4.78 is 5.22. The minimum Gasteiger partial charge on any atom is -0.444 e. The van der Waals surface area contributed by atoms with E-state index in [-0.39, 0.29) is 5.41 Å². The molecular weight excluding hydrogens is 264 g/mol. The van der Waals surface area contributed by atoms with Crippen LogP contribution in [0, 0.1) is 5.41 Å². The molecule has 1 amide bonds. The van der Waals surface area contributed by atoms with Gasteiger partial charge in [0.25, 0.3) is 0 Å². The Morgan fingerprint density at radius 1 is 1.14 bits per heavy atom. The summed E-state index contributed by atoms with van der Waals surface area (Å²) >= 11 is 0. The van der Waals surface area contributed by atoms with Crippen molar-refractivity contribution in [2.24, 2.45) is 5.41 Å². The molecule has 21 heavy (non-hydrogen) atoms. The fraction of sp³-hybridized carbons (Fsp3) is 0.588. The predicted molar refractivity (Wildman–Crippen MR) is 87.5 cm³/mol. The van der Waals surface area contributed by atoms with Crippen LogP contribution >= 0.6 is 0 Å². The Bertz CT molecular complexity index is 470. The number of rotatable bonds is 4. The van der Waals surface area contributed by atoms with E-state index in [0.717, 1.165) is 17.8 Å². The van der Waals surface area contributed by atoms with Crippen LogP contribution in [0.3, 0.4) is 0 Å². The third-order valence-electron chi connectivity index (χ3n) is 2.59. The highest BCUT2D eigenvalue weighted by Gasteiger charge is 2.15. The summed E-state index contributed by atoms with van der Waals surface area (Å²) in [5.74, 6) is 0. The van der Waals surface area contributed by atoms with E-state index in [1.165, 1.54) is 0 Å². The molecule has 0 bridgehead atoms. The van der Waals surface area contributed by atoms with Crippen LogP contribution in [-0.2, 0) is 11.3 Å². The molecule has 4 nitrogen and oxygen atoms in total. The van der Waals surface area contributed by atoms with Gasteiger partial charge in [0.1, 0.15) is 5.60 Å². The van der Waals surface area contributed by atoms with Crippen LogP contribution in [0.15, 0.2) is 24.3 Å². The summed E-state index contributed by atoms with van der Waals surface area (Å²) in [6.07, 6.45) is -0.393. The highest BCUT2D eigenvalue weighted by Crippen LogP contribution is 2.16. The molecule has 1 rings (SSSR count). The van der Waals surface area contributed by atoms with Crippen LogP contribution in [0.2, 0.25) is 0 Å². The molecule has 0 unspecified atom stereocenters. The largest absolute Gasteiger partial charge is 0.444 e. The molecule has 0 atom stereocenters. The van der Waals surface area contributed by atoms with E-state index in [0.29, 0.717) is 6.54 Å². The van der Waals surface area contributed by atoms with Crippen LogP contribution in [-0.4, -0.2) is 18.2 Å². The van der Waals surface area contributed by atoms with E-state index in [4.69, 9.17) is 4.74 Å². The van der Waals surface area contributed by atoms with Gasteiger partial charge in [-0.2, -0.15) is 0 Å². The van der Waals surface area contributed by atoms with Crippen LogP contribution in [0.5, 0.6) is 0 Å². The molecule has 2 N–H and O–H groups in total. The number of nitrogens with one attached hydrogen (secondary N) is 2. The van der Waals surface area contributed by atoms with Crippen molar-refractivity contribution < 1.29 is 9.53 Å². The SMILES string of the molecule is CC(C)(C)CNc1cccc(CNC(=O)OC(C)(C)C)c1. The number of amides is 1. The number of carbonyl (C=O) groups excluding carboxylic acids is 1. The van der Waals surface area contributed by atoms with Gasteiger partial charge < -0.3 is 15.4 Å². The lowest BCUT2D eigenvalue weighted by Crippen LogP contribution is -2.32. The number of ether oxygens (including phenoxy) is 1. The molecule has 0 spiro atoms. The maximum absolute atomic E-state index is 11.6. The first-order valence-electron chi connectivity index (χ1n) is 7.35. The fourth-order valence-corrected chi connectivity index (χ4v) is 1.65. The molecule has 1 aromatic rings. The third kappa shape index (κ3) is 8.23. The smallest absolute Gasteiger partial charge is 0.407 e. The Morgan fingerprint density at radius 2 is 1.81 bits per heavy atom. The maximum Gasteiger partial charge on any atom is 0.407 e. The first kappa shape index (κ1) is 17.3. The van der Waals surface area contributed by atoms with Gasteiger partial charge in [0.2, 0.25) is 0 Å². The van der Waals surface area contributed by atoms with Gasteiger partial charge in [-0.05, 0) is 43.9 Å². The van der Waals surface area contributed by atoms with E-state index in [1.807, 2.05) is 45.0 Å². The topological polar surface area (TPSA) is 50.4 Å². The minimum absolute atomic E-state index is 0.227. The van der Waals surface area contributed by atoms with Crippen molar-refractivity contribution in [3.8, 4) is 0 Å². The fourth-order valence-electron chi connectivity index (χ4n) is 1.65. The summed E-state index contributed by atoms with van der Waals surface area (Å²) in [7, 11) is 0. The molecule has 0 aliphatic carbocycles. The van der Waals surface area contributed by atoms with E-state index < -0.39 is 11.7 Å². The molecule has 0 aliphatic rings. The van der Waals surface area contributed by atoms with Gasteiger partial charge in [0.15, 0.2) is 0 Å². The average Bonchev–Trinajstić information content (AvgIpc) is 2.32. The quantitative estimate of drug-likeness (QED) is 0.875. The molecule has 0 saturated carbocycles. The summed E-state index contributed by atoms with van der Waals surface area (Å²) in [5.41, 5.74) is 1.86. The molecule has 0 aliphatic heterocycles. The highest BCUT2D eigenvalue weighted by atomic mass is 16.6. The molecule has 0 saturated heterocycles. The zero-order valence-electron chi connectivity index (χ0n) is 14.0. The van der Waals surface area contributed by atoms with Crippen molar-refractivity contribution >= 4 is 11.8 Å². The predicted octanol–water partition coefficient (Wildman–Crippen LogP) is 4.17. The van der Waals surface area contributed by atoms with Gasteiger partial charge in [0, 0.05) is 18.8 Å². The standard InChI is InChI=1S/C17H28N2O2/c1-16(2,3)12-19-14-9-7-8-13(10-14)11-18-15(20)21-17(4,5)6/h7-10,19H,11-12H2,1-6H3,(H,18,20). The number of benzene rings is 1. The number of hydrogen-bond donors (Lipinski definition) is 2. The van der Waals surface area contributed by atoms with Crippen LogP contribution in [0.25, 0.3) is 0 Å². The van der Waals surface area contributed by atoms with Gasteiger partial charge in [-0.25, -0.2) is 4.79 Å². The number of hydrogen-bond acceptors (Lipinski definition) is 3. The summed E-state index contributed by atoms with van der Waals surface area (Å²) in [6.45, 7) is 13.5. The summed E-state index contributed by atoms with van der Waals surface area (Å²) in [4.78, 5) is 11.6. The normalized spacial score (nSPS) is 11.9. The maximum atomic E-state index is 11.6. The Balaban J connectivity index is 2.51. The first-order valence-corrected chi connectivity index (χ1v) is 7.35. The number of alkyl carbamates (subject to hydrolysis) is 1. The second kappa shape index (κ2) is 6.83. The van der Waals surface area contributed by atoms with Gasteiger partial charge in [-0.3, -0.25) is 0 Å². The summed E-state index contributed by atoms with van der Waals surface area (Å²) in [5, 5.41) is 6.17. The average molecular weight is 292 g/mol. The second-order valence-electron chi connectivity index (χ2n) is 7.47. The van der Waals surface area contributed by atoms with Crippen LogP contribution < -0.4 is 10.6 Å². The number of carbonyl (C=O) groups is 1. The Hall–Kier alpha value is -1.71. The van der Waals surface area contributed by atoms with E-state index in [1.54, 1.807) is 0 Å². The molecule has 0 radical (unpaired) electrons. The Kier molecular flexibility index (Phi) is 5.64. The van der Waals surface area contributed by atoms with Crippen molar-refractivity contribution in [2.45, 2.75) is 53.7 Å². The minimum atomic E-state index is -0.472. The van der Waals surface area contributed by atoms with E-state index in [2.05, 4.69) is 31.4 Å². The second-order valence-corrected chi connectivity index (χ2v) is 7.47. The van der Waals surface area contributed by atoms with E-state index in [9.17, 15) is 4.79 Å². The van der Waals surface area contributed by atoms with Gasteiger partial charge >= 0.3 is 6.09 Å².